The van der Waals surface area contributed by atoms with Gasteiger partial charge in [0.15, 0.2) is 0 Å². The number of H-pyrrole nitrogens is 1. The molecule has 0 bridgehead atoms. The van der Waals surface area contributed by atoms with Crippen molar-refractivity contribution in [2.45, 2.75) is 13.3 Å². The summed E-state index contributed by atoms with van der Waals surface area (Å²) in [6, 6.07) is 12.3. The fourth-order valence-corrected chi connectivity index (χ4v) is 2.67. The molecule has 0 saturated carbocycles. The number of amides is 1. The number of rotatable bonds is 4. The molecule has 0 aliphatic rings. The Hall–Kier alpha value is -3.48. The molecule has 2 aromatic carbocycles. The lowest BCUT2D eigenvalue weighted by Gasteiger charge is -2.08. The Kier molecular flexibility index (Phi) is 4.30. The monoisotopic (exact) mass is 337 g/mol. The molecule has 0 saturated heterocycles. The molecule has 0 radical (unpaired) electrons. The number of anilines is 1. The van der Waals surface area contributed by atoms with E-state index in [0.717, 1.165) is 17.4 Å². The number of carbonyl (C=O) groups is 1. The maximum Gasteiger partial charge on any atom is 0.270 e. The number of nitrogens with one attached hydrogen (secondary N) is 2. The highest BCUT2D eigenvalue weighted by Crippen LogP contribution is 2.21. The van der Waals surface area contributed by atoms with Crippen molar-refractivity contribution in [2.75, 3.05) is 5.32 Å². The third-order valence-corrected chi connectivity index (χ3v) is 3.89. The maximum absolute atomic E-state index is 12.3. The average Bonchev–Trinajstić information content (AvgIpc) is 2.60. The van der Waals surface area contributed by atoms with E-state index < -0.39 is 10.8 Å². The lowest BCUT2D eigenvalue weighted by atomic mass is 10.1. The molecular formula is C18H15N3O4. The number of nitro benzene ring substituents is 1. The summed E-state index contributed by atoms with van der Waals surface area (Å²) in [5.74, 6) is -0.461. The zero-order chi connectivity index (χ0) is 18.0. The van der Waals surface area contributed by atoms with Crippen molar-refractivity contribution in [1.29, 1.82) is 0 Å². The van der Waals surface area contributed by atoms with Gasteiger partial charge in [-0.1, -0.05) is 19.1 Å². The highest BCUT2D eigenvalue weighted by atomic mass is 16.6. The number of fused-ring (bicyclic) bond motifs is 1. The van der Waals surface area contributed by atoms with E-state index in [1.807, 2.05) is 13.0 Å². The SMILES string of the molecule is CCc1cc(=O)[nH]c2cc(NC(=O)c3cccc([N+](=O)[O-])c3)ccc12. The molecule has 2 N–H and O–H groups in total. The van der Waals surface area contributed by atoms with E-state index >= 15 is 0 Å². The van der Waals surface area contributed by atoms with Crippen LogP contribution in [0.15, 0.2) is 53.3 Å². The number of nitrogens with zero attached hydrogens (tertiary/aromatic N) is 1. The lowest BCUT2D eigenvalue weighted by molar-refractivity contribution is -0.384. The third-order valence-electron chi connectivity index (χ3n) is 3.89. The van der Waals surface area contributed by atoms with Crippen LogP contribution < -0.4 is 10.9 Å². The van der Waals surface area contributed by atoms with Gasteiger partial charge in [-0.05, 0) is 30.2 Å². The van der Waals surface area contributed by atoms with Crippen LogP contribution in [0.2, 0.25) is 0 Å². The zero-order valence-corrected chi connectivity index (χ0v) is 13.4. The Balaban J connectivity index is 1.92. The lowest BCUT2D eigenvalue weighted by Crippen LogP contribution is -2.12. The summed E-state index contributed by atoms with van der Waals surface area (Å²) >= 11 is 0. The van der Waals surface area contributed by atoms with Crippen molar-refractivity contribution in [2.24, 2.45) is 0 Å². The Labute approximate surface area is 142 Å². The van der Waals surface area contributed by atoms with Crippen LogP contribution >= 0.6 is 0 Å². The first-order chi connectivity index (χ1) is 12.0. The molecule has 7 nitrogen and oxygen atoms in total. The van der Waals surface area contributed by atoms with Gasteiger partial charge in [0.25, 0.3) is 11.6 Å². The van der Waals surface area contributed by atoms with Crippen molar-refractivity contribution in [3.8, 4) is 0 Å². The van der Waals surface area contributed by atoms with E-state index in [9.17, 15) is 19.7 Å². The van der Waals surface area contributed by atoms with Crippen molar-refractivity contribution < 1.29 is 9.72 Å². The van der Waals surface area contributed by atoms with Gasteiger partial charge >= 0.3 is 0 Å². The van der Waals surface area contributed by atoms with Gasteiger partial charge in [-0.15, -0.1) is 0 Å². The summed E-state index contributed by atoms with van der Waals surface area (Å²) in [6.07, 6.45) is 0.722. The molecule has 0 unspecified atom stereocenters. The van der Waals surface area contributed by atoms with E-state index in [1.165, 1.54) is 24.3 Å². The quantitative estimate of drug-likeness (QED) is 0.563. The second-order valence-corrected chi connectivity index (χ2v) is 5.53. The van der Waals surface area contributed by atoms with E-state index in [-0.39, 0.29) is 16.8 Å². The Bertz CT molecular complexity index is 1040. The summed E-state index contributed by atoms with van der Waals surface area (Å²) in [6.45, 7) is 1.96. The summed E-state index contributed by atoms with van der Waals surface area (Å²) in [5, 5.41) is 14.4. The minimum atomic E-state index is -0.552. The van der Waals surface area contributed by atoms with Crippen LogP contribution in [-0.4, -0.2) is 15.8 Å². The van der Waals surface area contributed by atoms with Crippen LogP contribution in [0.3, 0.4) is 0 Å². The predicted octanol–water partition coefficient (Wildman–Crippen LogP) is 3.25. The first kappa shape index (κ1) is 16.4. The number of nitro groups is 1. The van der Waals surface area contributed by atoms with E-state index in [0.29, 0.717) is 11.2 Å². The number of carbonyl (C=O) groups excluding carboxylic acids is 1. The van der Waals surface area contributed by atoms with Gasteiger partial charge in [0.2, 0.25) is 5.56 Å². The van der Waals surface area contributed by atoms with Crippen LogP contribution in [-0.2, 0) is 6.42 Å². The van der Waals surface area contributed by atoms with E-state index in [2.05, 4.69) is 10.3 Å². The molecule has 1 amide bonds. The molecular weight excluding hydrogens is 322 g/mol. The van der Waals surface area contributed by atoms with Crippen LogP contribution in [0.4, 0.5) is 11.4 Å². The highest BCUT2D eigenvalue weighted by Gasteiger charge is 2.12. The molecule has 3 aromatic rings. The summed E-state index contributed by atoms with van der Waals surface area (Å²) in [7, 11) is 0. The number of benzene rings is 2. The van der Waals surface area contributed by atoms with E-state index in [1.54, 1.807) is 18.2 Å². The minimum Gasteiger partial charge on any atom is -0.322 e. The number of pyridine rings is 1. The number of hydrogen-bond acceptors (Lipinski definition) is 4. The maximum atomic E-state index is 12.3. The summed E-state index contributed by atoms with van der Waals surface area (Å²) in [4.78, 5) is 37.0. The number of aryl methyl sites for hydroxylation is 1. The smallest absolute Gasteiger partial charge is 0.270 e. The normalized spacial score (nSPS) is 10.6. The van der Waals surface area contributed by atoms with Crippen molar-refractivity contribution >= 4 is 28.2 Å². The van der Waals surface area contributed by atoms with Crippen LogP contribution in [0.25, 0.3) is 10.9 Å². The summed E-state index contributed by atoms with van der Waals surface area (Å²) < 4.78 is 0. The van der Waals surface area contributed by atoms with Gasteiger partial charge < -0.3 is 10.3 Å². The molecule has 3 rings (SSSR count). The van der Waals surface area contributed by atoms with Crippen LogP contribution in [0.5, 0.6) is 0 Å². The fraction of sp³-hybridized carbons (Fsp3) is 0.111. The second-order valence-electron chi connectivity index (χ2n) is 5.53. The van der Waals surface area contributed by atoms with Gasteiger partial charge in [-0.2, -0.15) is 0 Å². The van der Waals surface area contributed by atoms with Crippen LogP contribution in [0.1, 0.15) is 22.8 Å². The minimum absolute atomic E-state index is 0.150. The number of aromatic amines is 1. The van der Waals surface area contributed by atoms with Crippen molar-refractivity contribution in [3.05, 3.63) is 80.1 Å². The first-order valence-electron chi connectivity index (χ1n) is 7.69. The van der Waals surface area contributed by atoms with Gasteiger partial charge in [-0.3, -0.25) is 19.7 Å². The predicted molar refractivity (Wildman–Crippen MR) is 95.0 cm³/mol. The number of hydrogen-bond donors (Lipinski definition) is 2. The Morgan fingerprint density at radius 3 is 2.72 bits per heavy atom. The molecule has 126 valence electrons. The van der Waals surface area contributed by atoms with Gasteiger partial charge in [-0.25, -0.2) is 0 Å². The van der Waals surface area contributed by atoms with Gasteiger partial charge in [0, 0.05) is 34.8 Å². The molecule has 25 heavy (non-hydrogen) atoms. The molecule has 0 spiro atoms. The van der Waals surface area contributed by atoms with Crippen molar-refractivity contribution in [3.63, 3.8) is 0 Å². The molecule has 0 aliphatic heterocycles. The van der Waals surface area contributed by atoms with Crippen molar-refractivity contribution in [1.82, 2.24) is 4.98 Å². The molecule has 1 heterocycles. The third kappa shape index (κ3) is 3.40. The molecule has 0 aliphatic carbocycles. The molecule has 0 atom stereocenters. The fourth-order valence-electron chi connectivity index (χ4n) is 2.67. The highest BCUT2D eigenvalue weighted by molar-refractivity contribution is 6.05. The average molecular weight is 337 g/mol. The number of aromatic nitrogens is 1. The van der Waals surface area contributed by atoms with Gasteiger partial charge in [0.1, 0.15) is 0 Å². The Morgan fingerprint density at radius 2 is 2.00 bits per heavy atom. The first-order valence-corrected chi connectivity index (χ1v) is 7.69. The number of non-ortho nitro benzene ring substituents is 1. The van der Waals surface area contributed by atoms with Crippen LogP contribution in [0, 0.1) is 10.1 Å². The molecule has 7 heteroatoms. The summed E-state index contributed by atoms with van der Waals surface area (Å²) in [5.41, 5.74) is 1.88. The van der Waals surface area contributed by atoms with E-state index in [4.69, 9.17) is 0 Å². The molecule has 0 fully saturated rings. The topological polar surface area (TPSA) is 105 Å². The standard InChI is InChI=1S/C18H15N3O4/c1-2-11-9-17(22)20-16-10-13(6-7-15(11)16)19-18(23)12-4-3-5-14(8-12)21(24)25/h3-10H,2H2,1H3,(H,19,23)(H,20,22). The largest absolute Gasteiger partial charge is 0.322 e. The zero-order valence-electron chi connectivity index (χ0n) is 13.4. The second kappa shape index (κ2) is 6.56. The van der Waals surface area contributed by atoms with Gasteiger partial charge in [0.05, 0.1) is 10.4 Å². The molecule has 1 aromatic heterocycles. The Morgan fingerprint density at radius 1 is 1.20 bits per heavy atom.